The van der Waals surface area contributed by atoms with Crippen LogP contribution < -0.4 is 11.1 Å². The molecule has 1 rings (SSSR count). The van der Waals surface area contributed by atoms with Crippen molar-refractivity contribution in [1.82, 2.24) is 5.32 Å². The quantitative estimate of drug-likeness (QED) is 0.661. The molecule has 0 saturated carbocycles. The lowest BCUT2D eigenvalue weighted by Crippen LogP contribution is -2.48. The molecule has 0 amide bonds. The zero-order chi connectivity index (χ0) is 11.3. The minimum Gasteiger partial charge on any atom is -0.377 e. The highest BCUT2D eigenvalue weighted by molar-refractivity contribution is 4.93. The van der Waals surface area contributed by atoms with E-state index >= 15 is 0 Å². The summed E-state index contributed by atoms with van der Waals surface area (Å²) in [5.74, 6) is 0. The Labute approximate surface area is 93.8 Å². The molecule has 0 aromatic carbocycles. The monoisotopic (exact) mass is 214 g/mol. The maximum Gasteiger partial charge on any atom is 0.0726 e. The Kier molecular flexibility index (Phi) is 5.03. The Morgan fingerprint density at radius 1 is 1.53 bits per heavy atom. The van der Waals surface area contributed by atoms with Crippen LogP contribution in [-0.2, 0) is 4.74 Å². The second-order valence-electron chi connectivity index (χ2n) is 5.08. The molecule has 0 spiro atoms. The second kappa shape index (κ2) is 5.83. The second-order valence-corrected chi connectivity index (χ2v) is 5.08. The van der Waals surface area contributed by atoms with Gasteiger partial charge < -0.3 is 15.8 Å². The molecule has 3 heteroatoms. The van der Waals surface area contributed by atoms with Gasteiger partial charge in [-0.3, -0.25) is 0 Å². The summed E-state index contributed by atoms with van der Waals surface area (Å²) in [6, 6.07) is 0.342. The van der Waals surface area contributed by atoms with E-state index < -0.39 is 0 Å². The summed E-state index contributed by atoms with van der Waals surface area (Å²) in [7, 11) is 0. The van der Waals surface area contributed by atoms with Crippen molar-refractivity contribution in [3.8, 4) is 0 Å². The molecule has 3 nitrogen and oxygen atoms in total. The van der Waals surface area contributed by atoms with Gasteiger partial charge in [0.1, 0.15) is 0 Å². The van der Waals surface area contributed by atoms with Crippen molar-refractivity contribution in [2.75, 3.05) is 13.2 Å². The first-order valence-corrected chi connectivity index (χ1v) is 6.17. The van der Waals surface area contributed by atoms with E-state index in [0.717, 1.165) is 26.0 Å². The fourth-order valence-electron chi connectivity index (χ4n) is 2.03. The molecule has 3 atom stereocenters. The van der Waals surface area contributed by atoms with E-state index in [1.807, 2.05) is 0 Å². The van der Waals surface area contributed by atoms with E-state index in [-0.39, 0.29) is 5.54 Å². The van der Waals surface area contributed by atoms with Crippen LogP contribution in [0.15, 0.2) is 0 Å². The summed E-state index contributed by atoms with van der Waals surface area (Å²) in [6.45, 7) is 8.46. The van der Waals surface area contributed by atoms with Crippen LogP contribution in [-0.4, -0.2) is 30.8 Å². The van der Waals surface area contributed by atoms with Crippen molar-refractivity contribution in [1.29, 1.82) is 0 Å². The Bertz CT molecular complexity index is 184. The molecule has 0 radical (unpaired) electrons. The fraction of sp³-hybridized carbons (Fsp3) is 1.00. The molecule has 3 unspecified atom stereocenters. The van der Waals surface area contributed by atoms with Crippen LogP contribution in [0.5, 0.6) is 0 Å². The smallest absolute Gasteiger partial charge is 0.0726 e. The minimum absolute atomic E-state index is 0.189. The average molecular weight is 214 g/mol. The first kappa shape index (κ1) is 12.9. The maximum atomic E-state index is 5.70. The number of hydrogen-bond donors (Lipinski definition) is 2. The van der Waals surface area contributed by atoms with Gasteiger partial charge in [0, 0.05) is 18.2 Å². The number of unbranched alkanes of at least 4 members (excludes halogenated alkanes) is 1. The van der Waals surface area contributed by atoms with Crippen LogP contribution in [0, 0.1) is 0 Å². The topological polar surface area (TPSA) is 47.3 Å². The zero-order valence-electron chi connectivity index (χ0n) is 10.4. The maximum absolute atomic E-state index is 5.70. The zero-order valence-corrected chi connectivity index (χ0v) is 10.4. The summed E-state index contributed by atoms with van der Waals surface area (Å²) in [6.07, 6.45) is 5.03. The van der Waals surface area contributed by atoms with Crippen molar-refractivity contribution in [2.45, 2.75) is 64.1 Å². The van der Waals surface area contributed by atoms with Crippen molar-refractivity contribution in [3.05, 3.63) is 0 Å². The van der Waals surface area contributed by atoms with Gasteiger partial charge in [-0.15, -0.1) is 0 Å². The Morgan fingerprint density at radius 3 is 2.80 bits per heavy atom. The van der Waals surface area contributed by atoms with Crippen molar-refractivity contribution in [3.63, 3.8) is 0 Å². The number of ether oxygens (including phenoxy) is 1. The highest BCUT2D eigenvalue weighted by atomic mass is 16.5. The van der Waals surface area contributed by atoms with Crippen LogP contribution in [0.3, 0.4) is 0 Å². The molecule has 1 aliphatic heterocycles. The van der Waals surface area contributed by atoms with Crippen molar-refractivity contribution >= 4 is 0 Å². The SMILES string of the molecule is CC(N)CCCCNC1(C)CCOC1C. The third-order valence-corrected chi connectivity index (χ3v) is 3.50. The third kappa shape index (κ3) is 4.09. The van der Waals surface area contributed by atoms with E-state index in [1.165, 1.54) is 12.8 Å². The summed E-state index contributed by atoms with van der Waals surface area (Å²) < 4.78 is 5.58. The average Bonchev–Trinajstić information content (AvgIpc) is 2.46. The van der Waals surface area contributed by atoms with E-state index in [4.69, 9.17) is 10.5 Å². The minimum atomic E-state index is 0.189. The fourth-order valence-corrected chi connectivity index (χ4v) is 2.03. The molecule has 1 heterocycles. The van der Waals surface area contributed by atoms with Gasteiger partial charge in [-0.1, -0.05) is 6.42 Å². The molecule has 1 saturated heterocycles. The van der Waals surface area contributed by atoms with Gasteiger partial charge in [0.15, 0.2) is 0 Å². The Hall–Kier alpha value is -0.120. The van der Waals surface area contributed by atoms with E-state index in [1.54, 1.807) is 0 Å². The lowest BCUT2D eigenvalue weighted by molar-refractivity contribution is 0.0886. The Balaban J connectivity index is 2.09. The molecular formula is C12H26N2O. The molecule has 0 bridgehead atoms. The van der Waals surface area contributed by atoms with Crippen LogP contribution in [0.25, 0.3) is 0 Å². The first-order valence-electron chi connectivity index (χ1n) is 6.17. The van der Waals surface area contributed by atoms with E-state index in [0.29, 0.717) is 12.1 Å². The molecule has 90 valence electrons. The van der Waals surface area contributed by atoms with Gasteiger partial charge >= 0.3 is 0 Å². The third-order valence-electron chi connectivity index (χ3n) is 3.50. The van der Waals surface area contributed by atoms with Crippen LogP contribution in [0.4, 0.5) is 0 Å². The van der Waals surface area contributed by atoms with Crippen LogP contribution >= 0.6 is 0 Å². The van der Waals surface area contributed by atoms with Gasteiger partial charge in [-0.25, -0.2) is 0 Å². The van der Waals surface area contributed by atoms with Gasteiger partial charge in [0.2, 0.25) is 0 Å². The predicted octanol–water partition coefficient (Wildman–Crippen LogP) is 1.66. The predicted molar refractivity (Wildman–Crippen MR) is 63.9 cm³/mol. The standard InChI is InChI=1S/C12H26N2O/c1-10(13)6-4-5-8-14-12(3)7-9-15-11(12)2/h10-11,14H,4-9,13H2,1-3H3. The normalized spacial score (nSPS) is 33.2. The van der Waals surface area contributed by atoms with E-state index in [2.05, 4.69) is 26.1 Å². The van der Waals surface area contributed by atoms with Gasteiger partial charge in [0.25, 0.3) is 0 Å². The molecular weight excluding hydrogens is 188 g/mol. The molecule has 1 aliphatic rings. The number of nitrogens with two attached hydrogens (primary N) is 1. The number of nitrogens with one attached hydrogen (secondary N) is 1. The molecule has 3 N–H and O–H groups in total. The van der Waals surface area contributed by atoms with Crippen molar-refractivity contribution < 1.29 is 4.74 Å². The Morgan fingerprint density at radius 2 is 2.27 bits per heavy atom. The first-order chi connectivity index (χ1) is 7.04. The largest absolute Gasteiger partial charge is 0.377 e. The molecule has 0 aromatic heterocycles. The summed E-state index contributed by atoms with van der Waals surface area (Å²) >= 11 is 0. The molecule has 0 aromatic rings. The number of hydrogen-bond acceptors (Lipinski definition) is 3. The van der Waals surface area contributed by atoms with Gasteiger partial charge in [-0.05, 0) is 46.6 Å². The highest BCUT2D eigenvalue weighted by Gasteiger charge is 2.35. The molecule has 15 heavy (non-hydrogen) atoms. The van der Waals surface area contributed by atoms with Crippen LogP contribution in [0.1, 0.15) is 46.5 Å². The lowest BCUT2D eigenvalue weighted by Gasteiger charge is -2.29. The lowest BCUT2D eigenvalue weighted by atomic mass is 9.94. The van der Waals surface area contributed by atoms with Crippen LogP contribution in [0.2, 0.25) is 0 Å². The highest BCUT2D eigenvalue weighted by Crippen LogP contribution is 2.24. The summed E-state index contributed by atoms with van der Waals surface area (Å²) in [4.78, 5) is 0. The van der Waals surface area contributed by atoms with Crippen molar-refractivity contribution in [2.24, 2.45) is 5.73 Å². The number of rotatable bonds is 6. The van der Waals surface area contributed by atoms with Gasteiger partial charge in [-0.2, -0.15) is 0 Å². The molecule has 0 aliphatic carbocycles. The van der Waals surface area contributed by atoms with Gasteiger partial charge in [0.05, 0.1) is 6.10 Å². The summed E-state index contributed by atoms with van der Waals surface area (Å²) in [5.41, 5.74) is 5.89. The van der Waals surface area contributed by atoms with E-state index in [9.17, 15) is 0 Å². The molecule has 1 fully saturated rings. The summed E-state index contributed by atoms with van der Waals surface area (Å²) in [5, 5.41) is 3.62.